The summed E-state index contributed by atoms with van der Waals surface area (Å²) in [5.74, 6) is 1.76. The fourth-order valence-corrected chi connectivity index (χ4v) is 6.12. The molecule has 4 nitrogen and oxygen atoms in total. The van der Waals surface area contributed by atoms with Crippen LogP contribution in [0.15, 0.2) is 4.99 Å². The molecule has 1 N–H and O–H groups in total. The second-order valence-corrected chi connectivity index (χ2v) is 9.15. The summed E-state index contributed by atoms with van der Waals surface area (Å²) in [4.78, 5) is 16.8. The fourth-order valence-electron chi connectivity index (χ4n) is 4.68. The van der Waals surface area contributed by atoms with Crippen molar-refractivity contribution in [2.45, 2.75) is 68.8 Å². The summed E-state index contributed by atoms with van der Waals surface area (Å²) in [5.41, 5.74) is -0.224. The summed E-state index contributed by atoms with van der Waals surface area (Å²) in [6.45, 7) is 4.80. The van der Waals surface area contributed by atoms with Gasteiger partial charge in [-0.15, -0.1) is 0 Å². The lowest BCUT2D eigenvalue weighted by Gasteiger charge is -2.40. The summed E-state index contributed by atoms with van der Waals surface area (Å²) in [6, 6.07) is 0.547. The summed E-state index contributed by atoms with van der Waals surface area (Å²) in [5, 5.41) is 4.46. The molecular weight excluding hydrogens is 284 g/mol. The minimum Gasteiger partial charge on any atom is -0.375 e. The molecule has 1 saturated heterocycles. The van der Waals surface area contributed by atoms with E-state index in [0.717, 1.165) is 29.8 Å². The number of carbonyl (C=O) groups excluding carboxylic acids is 1. The molecule has 116 valence electrons. The van der Waals surface area contributed by atoms with Gasteiger partial charge in [0.05, 0.1) is 5.60 Å². The van der Waals surface area contributed by atoms with E-state index in [1.54, 1.807) is 11.8 Å². The highest BCUT2D eigenvalue weighted by atomic mass is 32.2. The van der Waals surface area contributed by atoms with Gasteiger partial charge in [0, 0.05) is 19.1 Å². The lowest BCUT2D eigenvalue weighted by molar-refractivity contribution is -0.128. The first kappa shape index (κ1) is 14.1. The number of thioether (sulfide) groups is 1. The molecule has 2 saturated carbocycles. The summed E-state index contributed by atoms with van der Waals surface area (Å²) in [6.07, 6.45) is 6.92. The van der Waals surface area contributed by atoms with Crippen LogP contribution in [0, 0.1) is 11.8 Å². The molecule has 1 spiro atoms. The second kappa shape index (κ2) is 4.72. The fraction of sp³-hybridized carbons (Fsp3) is 0.875. The number of nitrogens with one attached hydrogen (secondary N) is 1. The van der Waals surface area contributed by atoms with Gasteiger partial charge >= 0.3 is 0 Å². The van der Waals surface area contributed by atoms with Crippen LogP contribution in [0.25, 0.3) is 0 Å². The van der Waals surface area contributed by atoms with E-state index >= 15 is 0 Å². The number of hydrogen-bond acceptors (Lipinski definition) is 4. The molecule has 4 atom stereocenters. The molecule has 21 heavy (non-hydrogen) atoms. The van der Waals surface area contributed by atoms with Gasteiger partial charge in [0.2, 0.25) is 0 Å². The van der Waals surface area contributed by atoms with E-state index in [1.165, 1.54) is 25.7 Å². The van der Waals surface area contributed by atoms with E-state index in [0.29, 0.717) is 12.6 Å². The average molecular weight is 308 g/mol. The first-order chi connectivity index (χ1) is 9.96. The van der Waals surface area contributed by atoms with Gasteiger partial charge in [-0.3, -0.25) is 4.79 Å². The molecule has 2 heterocycles. The predicted molar refractivity (Wildman–Crippen MR) is 84.4 cm³/mol. The van der Waals surface area contributed by atoms with Gasteiger partial charge in [-0.05, 0) is 51.4 Å². The molecule has 4 aliphatic rings. The Balaban J connectivity index is 1.45. The number of nitrogens with zero attached hydrogens (tertiary/aromatic N) is 1. The Morgan fingerprint density at radius 2 is 2.19 bits per heavy atom. The maximum absolute atomic E-state index is 12.5. The molecule has 1 amide bonds. The topological polar surface area (TPSA) is 50.7 Å². The molecule has 0 aromatic heterocycles. The quantitative estimate of drug-likeness (QED) is 0.809. The number of rotatable bonds is 1. The molecule has 5 heteroatoms. The summed E-state index contributed by atoms with van der Waals surface area (Å²) in [7, 11) is 0. The minimum absolute atomic E-state index is 0.0505. The number of ether oxygens (including phenoxy) is 1. The van der Waals surface area contributed by atoms with Crippen molar-refractivity contribution in [3.63, 3.8) is 0 Å². The highest BCUT2D eigenvalue weighted by Gasteiger charge is 2.52. The van der Waals surface area contributed by atoms with Gasteiger partial charge in [-0.1, -0.05) is 18.2 Å². The second-order valence-electron chi connectivity index (χ2n) is 7.78. The zero-order chi connectivity index (χ0) is 14.7. The highest BCUT2D eigenvalue weighted by molar-refractivity contribution is 8.16. The van der Waals surface area contributed by atoms with Crippen LogP contribution in [0.3, 0.4) is 0 Å². The van der Waals surface area contributed by atoms with E-state index in [4.69, 9.17) is 4.74 Å². The Morgan fingerprint density at radius 3 is 2.86 bits per heavy atom. The van der Waals surface area contributed by atoms with Crippen LogP contribution in [-0.4, -0.2) is 34.1 Å². The average Bonchev–Trinajstić information content (AvgIpc) is 3.05. The van der Waals surface area contributed by atoms with Crippen molar-refractivity contribution in [3.8, 4) is 0 Å². The van der Waals surface area contributed by atoms with Crippen molar-refractivity contribution >= 4 is 22.8 Å². The van der Waals surface area contributed by atoms with Crippen molar-refractivity contribution in [1.82, 2.24) is 5.32 Å². The van der Waals surface area contributed by atoms with E-state index in [2.05, 4.69) is 24.2 Å². The van der Waals surface area contributed by atoms with Gasteiger partial charge in [-0.2, -0.15) is 4.99 Å². The van der Waals surface area contributed by atoms with Crippen LogP contribution in [0.5, 0.6) is 0 Å². The zero-order valence-electron chi connectivity index (χ0n) is 12.9. The Labute approximate surface area is 130 Å². The van der Waals surface area contributed by atoms with Crippen molar-refractivity contribution in [3.05, 3.63) is 0 Å². The van der Waals surface area contributed by atoms with Crippen LogP contribution in [0.1, 0.15) is 52.4 Å². The maximum Gasteiger partial charge on any atom is 0.264 e. The Bertz CT molecular complexity index is 505. The number of amides is 1. The standard InChI is InChI=1S/C16H24N2O2S/c1-15(2)9-16(5-6-20-15)13(19)18-14(21-16)17-12-8-10-3-4-11(12)7-10/h10-12H,3-9H2,1-2H3,(H,17,18,19)/t10-,11-,12-,16?/m0/s1. The minimum atomic E-state index is -0.373. The van der Waals surface area contributed by atoms with E-state index in [1.807, 2.05) is 0 Å². The van der Waals surface area contributed by atoms with Gasteiger partial charge in [0.15, 0.2) is 5.17 Å². The number of hydrogen-bond donors (Lipinski definition) is 1. The molecule has 0 aromatic rings. The highest BCUT2D eigenvalue weighted by Crippen LogP contribution is 2.48. The van der Waals surface area contributed by atoms with E-state index in [-0.39, 0.29) is 16.3 Å². The predicted octanol–water partition coefficient (Wildman–Crippen LogP) is 2.72. The first-order valence-corrected chi connectivity index (χ1v) is 9.00. The molecule has 2 aliphatic carbocycles. The third-order valence-corrected chi connectivity index (χ3v) is 6.96. The summed E-state index contributed by atoms with van der Waals surface area (Å²) < 4.78 is 5.40. The SMILES string of the molecule is CC1(C)CC2(CCO1)SC(N[C@H]1C[C@H]3CC[C@H]1C3)=NC2=O. The van der Waals surface area contributed by atoms with Crippen LogP contribution in [0.2, 0.25) is 0 Å². The Kier molecular flexibility index (Phi) is 3.16. The van der Waals surface area contributed by atoms with Crippen LogP contribution >= 0.6 is 11.8 Å². The van der Waals surface area contributed by atoms with Gasteiger partial charge in [-0.25, -0.2) is 0 Å². The number of amidine groups is 1. The lowest BCUT2D eigenvalue weighted by Crippen LogP contribution is -2.47. The first-order valence-electron chi connectivity index (χ1n) is 8.18. The summed E-state index contributed by atoms with van der Waals surface area (Å²) >= 11 is 1.67. The van der Waals surface area contributed by atoms with Crippen molar-refractivity contribution in [2.24, 2.45) is 16.8 Å². The molecule has 0 aromatic carbocycles. The van der Waals surface area contributed by atoms with Crippen LogP contribution < -0.4 is 5.32 Å². The zero-order valence-corrected chi connectivity index (χ0v) is 13.7. The van der Waals surface area contributed by atoms with Gasteiger partial charge in [0.1, 0.15) is 4.75 Å². The monoisotopic (exact) mass is 308 g/mol. The smallest absolute Gasteiger partial charge is 0.264 e. The third kappa shape index (κ3) is 2.42. The Hall–Kier alpha value is -0.550. The molecule has 1 unspecified atom stereocenters. The maximum atomic E-state index is 12.5. The molecule has 2 bridgehead atoms. The molecule has 3 fully saturated rings. The van der Waals surface area contributed by atoms with Crippen LogP contribution in [0.4, 0.5) is 0 Å². The van der Waals surface area contributed by atoms with E-state index < -0.39 is 0 Å². The van der Waals surface area contributed by atoms with Crippen molar-refractivity contribution in [1.29, 1.82) is 0 Å². The van der Waals surface area contributed by atoms with Crippen molar-refractivity contribution in [2.75, 3.05) is 6.61 Å². The molecule has 2 aliphatic heterocycles. The van der Waals surface area contributed by atoms with Crippen molar-refractivity contribution < 1.29 is 9.53 Å². The van der Waals surface area contributed by atoms with Gasteiger partial charge in [0.25, 0.3) is 5.91 Å². The third-order valence-electron chi connectivity index (χ3n) is 5.64. The number of carbonyl (C=O) groups is 1. The van der Waals surface area contributed by atoms with Crippen LogP contribution in [-0.2, 0) is 9.53 Å². The Morgan fingerprint density at radius 1 is 1.33 bits per heavy atom. The molecule has 0 radical (unpaired) electrons. The van der Waals surface area contributed by atoms with Gasteiger partial charge < -0.3 is 10.1 Å². The number of aliphatic imine (C=N–C) groups is 1. The largest absolute Gasteiger partial charge is 0.375 e. The molecular formula is C16H24N2O2S. The molecule has 4 rings (SSSR count). The lowest BCUT2D eigenvalue weighted by atomic mass is 9.87. The normalized spacial score (nSPS) is 44.4. The number of fused-ring (bicyclic) bond motifs is 2. The van der Waals surface area contributed by atoms with E-state index in [9.17, 15) is 4.79 Å².